The van der Waals surface area contributed by atoms with Gasteiger partial charge in [0.25, 0.3) is 0 Å². The predicted octanol–water partition coefficient (Wildman–Crippen LogP) is 2.29. The van der Waals surface area contributed by atoms with Crippen molar-refractivity contribution in [3.63, 3.8) is 0 Å². The van der Waals surface area contributed by atoms with Crippen LogP contribution in [0.15, 0.2) is 17.1 Å². The minimum atomic E-state index is -1.17. The summed E-state index contributed by atoms with van der Waals surface area (Å²) in [6.45, 7) is 8.92. The second-order valence-electron chi connectivity index (χ2n) is 5.50. The number of rotatable bonds is 3. The largest absolute Gasteiger partial charge is 0.477 e. The lowest BCUT2D eigenvalue weighted by Gasteiger charge is -2.20. The fraction of sp³-hybridized carbons (Fsp3) is 0.538. The first-order chi connectivity index (χ1) is 7.70. The van der Waals surface area contributed by atoms with Crippen LogP contribution in [-0.2, 0) is 6.54 Å². The minimum Gasteiger partial charge on any atom is -0.477 e. The van der Waals surface area contributed by atoms with Gasteiger partial charge in [-0.25, -0.2) is 4.79 Å². The highest BCUT2D eigenvalue weighted by Gasteiger charge is 2.13. The van der Waals surface area contributed by atoms with Crippen molar-refractivity contribution in [3.05, 3.63) is 33.7 Å². The Hall–Kier alpha value is -1.58. The van der Waals surface area contributed by atoms with Crippen LogP contribution < -0.4 is 5.43 Å². The number of aromatic nitrogens is 1. The van der Waals surface area contributed by atoms with Crippen molar-refractivity contribution < 1.29 is 9.90 Å². The van der Waals surface area contributed by atoms with Gasteiger partial charge in [0.2, 0.25) is 0 Å². The molecule has 0 aliphatic heterocycles. The van der Waals surface area contributed by atoms with Gasteiger partial charge in [-0.05, 0) is 18.8 Å². The molecular formula is C13H19NO3. The van der Waals surface area contributed by atoms with E-state index >= 15 is 0 Å². The summed E-state index contributed by atoms with van der Waals surface area (Å²) < 4.78 is 1.83. The molecule has 1 rings (SSSR count). The second kappa shape index (κ2) is 4.73. The van der Waals surface area contributed by atoms with E-state index < -0.39 is 11.4 Å². The molecule has 0 aliphatic carbocycles. The first kappa shape index (κ1) is 13.5. The van der Waals surface area contributed by atoms with Gasteiger partial charge in [0.1, 0.15) is 5.56 Å². The quantitative estimate of drug-likeness (QED) is 0.877. The molecule has 1 aromatic heterocycles. The van der Waals surface area contributed by atoms with Crippen LogP contribution in [0.4, 0.5) is 0 Å². The Morgan fingerprint density at radius 2 is 2.00 bits per heavy atom. The van der Waals surface area contributed by atoms with Crippen molar-refractivity contribution in [2.75, 3.05) is 0 Å². The third-order valence-corrected chi connectivity index (χ3v) is 2.68. The Kier molecular flexibility index (Phi) is 3.76. The van der Waals surface area contributed by atoms with E-state index in [1.165, 1.54) is 12.3 Å². The van der Waals surface area contributed by atoms with E-state index in [1.54, 1.807) is 0 Å². The molecule has 4 heteroatoms. The van der Waals surface area contributed by atoms with Gasteiger partial charge in [-0.1, -0.05) is 20.8 Å². The molecule has 0 unspecified atom stereocenters. The fourth-order valence-electron chi connectivity index (χ4n) is 1.53. The first-order valence-corrected chi connectivity index (χ1v) is 5.65. The van der Waals surface area contributed by atoms with Gasteiger partial charge in [0.15, 0.2) is 5.43 Å². The van der Waals surface area contributed by atoms with Crippen molar-refractivity contribution in [3.8, 4) is 0 Å². The standard InChI is InChI=1S/C13H19NO3/c1-9-7-11(15)10(12(16)17)8-14(9)6-5-13(2,3)4/h7-8H,5-6H2,1-4H3,(H,16,17). The predicted molar refractivity (Wildman–Crippen MR) is 66.5 cm³/mol. The molecule has 0 saturated carbocycles. The number of carboxylic acid groups (broad SMARTS) is 1. The summed E-state index contributed by atoms with van der Waals surface area (Å²) in [5.74, 6) is -1.17. The van der Waals surface area contributed by atoms with E-state index in [1.807, 2.05) is 11.5 Å². The molecule has 0 bridgehead atoms. The van der Waals surface area contributed by atoms with Crippen LogP contribution >= 0.6 is 0 Å². The highest BCUT2D eigenvalue weighted by Crippen LogP contribution is 2.19. The van der Waals surface area contributed by atoms with Crippen molar-refractivity contribution in [2.24, 2.45) is 5.41 Å². The summed E-state index contributed by atoms with van der Waals surface area (Å²) in [6.07, 6.45) is 2.36. The number of carboxylic acids is 1. The van der Waals surface area contributed by atoms with Gasteiger partial charge in [0, 0.05) is 24.5 Å². The maximum absolute atomic E-state index is 11.4. The Morgan fingerprint density at radius 3 is 2.47 bits per heavy atom. The molecule has 1 N–H and O–H groups in total. The lowest BCUT2D eigenvalue weighted by Crippen LogP contribution is -2.20. The van der Waals surface area contributed by atoms with E-state index in [2.05, 4.69) is 20.8 Å². The Bertz CT molecular complexity index is 480. The van der Waals surface area contributed by atoms with Crippen LogP contribution in [0.3, 0.4) is 0 Å². The van der Waals surface area contributed by atoms with E-state index in [9.17, 15) is 9.59 Å². The second-order valence-corrected chi connectivity index (χ2v) is 5.50. The van der Waals surface area contributed by atoms with E-state index in [-0.39, 0.29) is 11.0 Å². The summed E-state index contributed by atoms with van der Waals surface area (Å²) in [7, 11) is 0. The van der Waals surface area contributed by atoms with Crippen LogP contribution in [0.5, 0.6) is 0 Å². The summed E-state index contributed by atoms with van der Waals surface area (Å²) >= 11 is 0. The molecule has 0 spiro atoms. The SMILES string of the molecule is Cc1cc(=O)c(C(=O)O)cn1CCC(C)(C)C. The highest BCUT2D eigenvalue weighted by atomic mass is 16.4. The summed E-state index contributed by atoms with van der Waals surface area (Å²) in [5.41, 5.74) is 0.384. The Morgan fingerprint density at radius 1 is 1.41 bits per heavy atom. The molecule has 0 saturated heterocycles. The summed E-state index contributed by atoms with van der Waals surface area (Å²) in [4.78, 5) is 22.3. The van der Waals surface area contributed by atoms with Crippen LogP contribution in [0.2, 0.25) is 0 Å². The average molecular weight is 237 g/mol. The monoisotopic (exact) mass is 237 g/mol. The van der Waals surface area contributed by atoms with Crippen molar-refractivity contribution >= 4 is 5.97 Å². The Balaban J connectivity index is 3.04. The number of pyridine rings is 1. The van der Waals surface area contributed by atoms with Gasteiger partial charge < -0.3 is 9.67 Å². The molecule has 0 amide bonds. The maximum atomic E-state index is 11.4. The number of hydrogen-bond acceptors (Lipinski definition) is 2. The maximum Gasteiger partial charge on any atom is 0.341 e. The zero-order chi connectivity index (χ0) is 13.2. The molecule has 0 radical (unpaired) electrons. The van der Waals surface area contributed by atoms with Gasteiger partial charge in [-0.15, -0.1) is 0 Å². The van der Waals surface area contributed by atoms with E-state index in [0.717, 1.165) is 18.7 Å². The molecule has 0 aliphatic rings. The molecule has 1 heterocycles. The normalized spacial score (nSPS) is 11.5. The lowest BCUT2D eigenvalue weighted by atomic mass is 9.92. The molecule has 0 atom stereocenters. The zero-order valence-electron chi connectivity index (χ0n) is 10.8. The van der Waals surface area contributed by atoms with Crippen LogP contribution in [-0.4, -0.2) is 15.6 Å². The molecule has 1 aromatic rings. The molecule has 0 aromatic carbocycles. The third kappa shape index (κ3) is 3.73. The fourth-order valence-corrected chi connectivity index (χ4v) is 1.53. The van der Waals surface area contributed by atoms with Crippen molar-refractivity contribution in [2.45, 2.75) is 40.7 Å². The molecule has 4 nitrogen and oxygen atoms in total. The van der Waals surface area contributed by atoms with Gasteiger partial charge >= 0.3 is 5.97 Å². The lowest BCUT2D eigenvalue weighted by molar-refractivity contribution is 0.0694. The van der Waals surface area contributed by atoms with Crippen molar-refractivity contribution in [1.82, 2.24) is 4.57 Å². The van der Waals surface area contributed by atoms with Crippen LogP contribution in [0.25, 0.3) is 0 Å². The smallest absolute Gasteiger partial charge is 0.341 e. The molecule has 94 valence electrons. The van der Waals surface area contributed by atoms with Gasteiger partial charge in [0.05, 0.1) is 0 Å². The highest BCUT2D eigenvalue weighted by molar-refractivity contribution is 5.87. The number of nitrogens with zero attached hydrogens (tertiary/aromatic N) is 1. The molecule has 17 heavy (non-hydrogen) atoms. The Labute approximate surface area is 101 Å². The van der Waals surface area contributed by atoms with Crippen LogP contribution in [0.1, 0.15) is 43.2 Å². The molecule has 0 fully saturated rings. The van der Waals surface area contributed by atoms with E-state index in [0.29, 0.717) is 0 Å². The topological polar surface area (TPSA) is 59.3 Å². The third-order valence-electron chi connectivity index (χ3n) is 2.68. The summed E-state index contributed by atoms with van der Waals surface area (Å²) in [5, 5.41) is 8.90. The number of aryl methyl sites for hydroxylation is 2. The van der Waals surface area contributed by atoms with Crippen LogP contribution in [0, 0.1) is 12.3 Å². The zero-order valence-corrected chi connectivity index (χ0v) is 10.8. The van der Waals surface area contributed by atoms with Crippen molar-refractivity contribution in [1.29, 1.82) is 0 Å². The first-order valence-electron chi connectivity index (χ1n) is 5.65. The van der Waals surface area contributed by atoms with Gasteiger partial charge in [-0.3, -0.25) is 4.79 Å². The molecular weight excluding hydrogens is 218 g/mol. The number of aromatic carboxylic acids is 1. The number of hydrogen-bond donors (Lipinski definition) is 1. The average Bonchev–Trinajstić information content (AvgIpc) is 2.14. The number of carbonyl (C=O) groups is 1. The van der Waals surface area contributed by atoms with Gasteiger partial charge in [-0.2, -0.15) is 0 Å². The van der Waals surface area contributed by atoms with E-state index in [4.69, 9.17) is 5.11 Å². The minimum absolute atomic E-state index is 0.162. The summed E-state index contributed by atoms with van der Waals surface area (Å²) in [6, 6.07) is 1.38.